The highest BCUT2D eigenvalue weighted by molar-refractivity contribution is 9.10. The predicted octanol–water partition coefficient (Wildman–Crippen LogP) is 3.69. The summed E-state index contributed by atoms with van der Waals surface area (Å²) >= 11 is 9.11. The van der Waals surface area contributed by atoms with Crippen molar-refractivity contribution in [2.75, 3.05) is 25.1 Å². The largest absolute Gasteiger partial charge is 0.381 e. The van der Waals surface area contributed by atoms with E-state index in [1.807, 2.05) is 6.92 Å². The van der Waals surface area contributed by atoms with Crippen molar-refractivity contribution < 1.29 is 9.13 Å². The van der Waals surface area contributed by atoms with E-state index >= 15 is 0 Å². The maximum absolute atomic E-state index is 12.9. The molecule has 0 bridgehead atoms. The van der Waals surface area contributed by atoms with Gasteiger partial charge in [-0.1, -0.05) is 11.6 Å². The normalized spacial score (nSPS) is 10.4. The minimum Gasteiger partial charge on any atom is -0.381 e. The topological polar surface area (TPSA) is 21.3 Å². The lowest BCUT2D eigenvalue weighted by Gasteiger charge is -2.10. The Morgan fingerprint density at radius 1 is 1.53 bits per heavy atom. The zero-order chi connectivity index (χ0) is 11.3. The number of benzene rings is 1. The number of ether oxygens (including phenoxy) is 1. The molecule has 0 radical (unpaired) electrons. The Bertz CT molecular complexity index is 312. The SMILES string of the molecule is CCOCCNc1c(Cl)cc(F)cc1Br. The lowest BCUT2D eigenvalue weighted by atomic mass is 10.3. The van der Waals surface area contributed by atoms with Gasteiger partial charge in [-0.3, -0.25) is 0 Å². The quantitative estimate of drug-likeness (QED) is 0.837. The van der Waals surface area contributed by atoms with E-state index in [9.17, 15) is 4.39 Å². The van der Waals surface area contributed by atoms with E-state index in [0.717, 1.165) is 0 Å². The van der Waals surface area contributed by atoms with Crippen LogP contribution in [-0.2, 0) is 4.74 Å². The zero-order valence-corrected chi connectivity index (χ0v) is 10.7. The highest BCUT2D eigenvalue weighted by Gasteiger charge is 2.06. The molecule has 0 atom stereocenters. The van der Waals surface area contributed by atoms with Gasteiger partial charge in [-0.25, -0.2) is 4.39 Å². The summed E-state index contributed by atoms with van der Waals surface area (Å²) in [7, 11) is 0. The highest BCUT2D eigenvalue weighted by atomic mass is 79.9. The monoisotopic (exact) mass is 295 g/mol. The molecule has 5 heteroatoms. The molecule has 2 nitrogen and oxygen atoms in total. The van der Waals surface area contributed by atoms with E-state index in [4.69, 9.17) is 16.3 Å². The molecule has 15 heavy (non-hydrogen) atoms. The molecule has 0 aliphatic heterocycles. The fraction of sp³-hybridized carbons (Fsp3) is 0.400. The fourth-order valence-electron chi connectivity index (χ4n) is 1.10. The Kier molecular flexibility index (Phi) is 5.36. The van der Waals surface area contributed by atoms with Crippen LogP contribution in [0.25, 0.3) is 0 Å². The second-order valence-corrected chi connectivity index (χ2v) is 4.13. The third kappa shape index (κ3) is 3.97. The van der Waals surface area contributed by atoms with Crippen LogP contribution in [0, 0.1) is 5.82 Å². The zero-order valence-electron chi connectivity index (χ0n) is 8.32. The van der Waals surface area contributed by atoms with E-state index in [0.29, 0.717) is 34.9 Å². The summed E-state index contributed by atoms with van der Waals surface area (Å²) in [4.78, 5) is 0. The first-order valence-electron chi connectivity index (χ1n) is 4.61. The molecule has 0 spiro atoms. The lowest BCUT2D eigenvalue weighted by Crippen LogP contribution is -2.10. The molecule has 0 aliphatic rings. The molecular weight excluding hydrogens is 284 g/mol. The number of hydrogen-bond acceptors (Lipinski definition) is 2. The van der Waals surface area contributed by atoms with Crippen LogP contribution in [0.2, 0.25) is 5.02 Å². The van der Waals surface area contributed by atoms with Crippen LogP contribution in [0.1, 0.15) is 6.92 Å². The standard InChI is InChI=1S/C10H12BrClFNO/c1-2-15-4-3-14-10-8(11)5-7(13)6-9(10)12/h5-6,14H,2-4H2,1H3. The summed E-state index contributed by atoms with van der Waals surface area (Å²) in [6.07, 6.45) is 0. The molecule has 0 saturated carbocycles. The first-order chi connectivity index (χ1) is 7.15. The van der Waals surface area contributed by atoms with E-state index in [2.05, 4.69) is 21.2 Å². The lowest BCUT2D eigenvalue weighted by molar-refractivity contribution is 0.158. The second kappa shape index (κ2) is 6.30. The second-order valence-electron chi connectivity index (χ2n) is 2.87. The van der Waals surface area contributed by atoms with Gasteiger partial charge in [-0.15, -0.1) is 0 Å². The summed E-state index contributed by atoms with van der Waals surface area (Å²) in [5.41, 5.74) is 0.692. The van der Waals surface area contributed by atoms with E-state index in [1.54, 1.807) is 0 Å². The van der Waals surface area contributed by atoms with Gasteiger partial charge < -0.3 is 10.1 Å². The van der Waals surface area contributed by atoms with Gasteiger partial charge >= 0.3 is 0 Å². The van der Waals surface area contributed by atoms with Crippen molar-refractivity contribution in [1.29, 1.82) is 0 Å². The van der Waals surface area contributed by atoms with Gasteiger partial charge in [0.2, 0.25) is 0 Å². The van der Waals surface area contributed by atoms with Gasteiger partial charge in [0.15, 0.2) is 0 Å². The van der Waals surface area contributed by atoms with Gasteiger partial charge in [0, 0.05) is 17.6 Å². The van der Waals surface area contributed by atoms with Crippen molar-refractivity contribution in [2.24, 2.45) is 0 Å². The molecule has 0 saturated heterocycles. The summed E-state index contributed by atoms with van der Waals surface area (Å²) < 4.78 is 18.7. The summed E-state index contributed by atoms with van der Waals surface area (Å²) in [5.74, 6) is -0.359. The van der Waals surface area contributed by atoms with Gasteiger partial charge in [0.05, 0.1) is 17.3 Å². The van der Waals surface area contributed by atoms with Crippen LogP contribution in [0.4, 0.5) is 10.1 Å². The molecule has 0 aromatic heterocycles. The number of halogens is 3. The average molecular weight is 297 g/mol. The van der Waals surface area contributed by atoms with Gasteiger partial charge in [0.25, 0.3) is 0 Å². The Morgan fingerprint density at radius 3 is 2.87 bits per heavy atom. The minimum atomic E-state index is -0.359. The van der Waals surface area contributed by atoms with Gasteiger partial charge in [-0.2, -0.15) is 0 Å². The number of nitrogens with one attached hydrogen (secondary N) is 1. The molecular formula is C10H12BrClFNO. The van der Waals surface area contributed by atoms with Crippen LogP contribution in [-0.4, -0.2) is 19.8 Å². The summed E-state index contributed by atoms with van der Waals surface area (Å²) in [6, 6.07) is 2.64. The smallest absolute Gasteiger partial charge is 0.125 e. The van der Waals surface area contributed by atoms with E-state index in [-0.39, 0.29) is 5.82 Å². The number of anilines is 1. The Morgan fingerprint density at radius 2 is 2.27 bits per heavy atom. The maximum Gasteiger partial charge on any atom is 0.125 e. The maximum atomic E-state index is 12.9. The van der Waals surface area contributed by atoms with Crippen molar-refractivity contribution in [1.82, 2.24) is 0 Å². The fourth-order valence-corrected chi connectivity index (χ4v) is 2.06. The highest BCUT2D eigenvalue weighted by Crippen LogP contribution is 2.31. The molecule has 1 N–H and O–H groups in total. The van der Waals surface area contributed by atoms with Crippen LogP contribution >= 0.6 is 27.5 Å². The van der Waals surface area contributed by atoms with Crippen molar-refractivity contribution in [2.45, 2.75) is 6.92 Å². The molecule has 0 heterocycles. The third-order valence-corrected chi connectivity index (χ3v) is 2.68. The molecule has 0 aliphatic carbocycles. The Balaban J connectivity index is 2.60. The number of rotatable bonds is 5. The van der Waals surface area contributed by atoms with Crippen molar-refractivity contribution in [3.8, 4) is 0 Å². The van der Waals surface area contributed by atoms with Crippen molar-refractivity contribution in [3.05, 3.63) is 27.4 Å². The molecule has 0 amide bonds. The molecule has 0 fully saturated rings. The van der Waals surface area contributed by atoms with Crippen molar-refractivity contribution in [3.63, 3.8) is 0 Å². The Hall–Kier alpha value is -0.320. The molecule has 1 rings (SSSR count). The predicted molar refractivity (Wildman–Crippen MR) is 64.1 cm³/mol. The minimum absolute atomic E-state index is 0.359. The first kappa shape index (κ1) is 12.7. The van der Waals surface area contributed by atoms with Gasteiger partial charge in [-0.05, 0) is 35.0 Å². The number of hydrogen-bond donors (Lipinski definition) is 1. The molecule has 1 aromatic carbocycles. The third-order valence-electron chi connectivity index (χ3n) is 1.76. The molecule has 0 unspecified atom stereocenters. The van der Waals surface area contributed by atoms with Crippen LogP contribution < -0.4 is 5.32 Å². The first-order valence-corrected chi connectivity index (χ1v) is 5.78. The molecule has 84 valence electrons. The van der Waals surface area contributed by atoms with Crippen LogP contribution in [0.5, 0.6) is 0 Å². The van der Waals surface area contributed by atoms with E-state index in [1.165, 1.54) is 12.1 Å². The molecule has 1 aromatic rings. The van der Waals surface area contributed by atoms with Gasteiger partial charge in [0.1, 0.15) is 5.82 Å². The van der Waals surface area contributed by atoms with Crippen molar-refractivity contribution >= 4 is 33.2 Å². The van der Waals surface area contributed by atoms with Crippen LogP contribution in [0.15, 0.2) is 16.6 Å². The average Bonchev–Trinajstić information content (AvgIpc) is 2.15. The summed E-state index contributed by atoms with van der Waals surface area (Å²) in [5, 5.41) is 3.43. The summed E-state index contributed by atoms with van der Waals surface area (Å²) in [6.45, 7) is 3.84. The van der Waals surface area contributed by atoms with E-state index < -0.39 is 0 Å². The Labute approximate surface area is 102 Å². The van der Waals surface area contributed by atoms with Crippen LogP contribution in [0.3, 0.4) is 0 Å².